The molecule has 84 valence electrons. The molecule has 0 aliphatic heterocycles. The van der Waals surface area contributed by atoms with Crippen LogP contribution in [0.2, 0.25) is 0 Å². The Labute approximate surface area is 103 Å². The van der Waals surface area contributed by atoms with Crippen molar-refractivity contribution >= 4 is 0 Å². The molecule has 0 aromatic rings. The van der Waals surface area contributed by atoms with Crippen LogP contribution in [0.1, 0.15) is 41.5 Å². The average Bonchev–Trinajstić information content (AvgIpc) is 2.00. The molecule has 1 heteroatoms. The number of hydrogen-bond acceptors (Lipinski definition) is 0. The van der Waals surface area contributed by atoms with E-state index in [1.54, 1.807) is 0 Å². The molecule has 0 bridgehead atoms. The van der Waals surface area contributed by atoms with E-state index in [1.807, 2.05) is 0 Å². The van der Waals surface area contributed by atoms with Crippen molar-refractivity contribution in [2.24, 2.45) is 0 Å². The predicted molar refractivity (Wildman–Crippen MR) is 66.4 cm³/mol. The molecule has 15 heavy (non-hydrogen) atoms. The van der Waals surface area contributed by atoms with Crippen LogP contribution in [0, 0.1) is 0 Å². The molecule has 0 fully saturated rings. The van der Waals surface area contributed by atoms with E-state index in [1.165, 1.54) is 22.3 Å². The maximum atomic E-state index is 2.39. The molecule has 0 atom stereocenters. The molecule has 0 aliphatic rings. The second-order valence-electron chi connectivity index (χ2n) is 4.30. The van der Waals surface area contributed by atoms with Gasteiger partial charge in [-0.05, 0) is 0 Å². The molecule has 0 aromatic heterocycles. The number of hydrogen-bond donors (Lipinski definition) is 0. The van der Waals surface area contributed by atoms with Crippen LogP contribution >= 0.6 is 0 Å². The predicted octanol–water partition coefficient (Wildman–Crippen LogP) is 4.81. The molecule has 0 spiro atoms. The van der Waals surface area contributed by atoms with Gasteiger partial charge in [-0.25, -0.2) is 0 Å². The minimum absolute atomic E-state index is 0.106. The first-order chi connectivity index (χ1) is 6.91. The van der Waals surface area contributed by atoms with E-state index in [-0.39, 0.29) is 18.6 Å². The SMILES string of the molecule is CC(C)=CC(C)=[CH][Mo][CH]=C(C)C=C(C)C. The minimum atomic E-state index is -0.106. The van der Waals surface area contributed by atoms with Crippen molar-refractivity contribution in [1.29, 1.82) is 0 Å². The Bertz CT molecular complexity index is 274. The Morgan fingerprint density at radius 1 is 0.667 bits per heavy atom. The van der Waals surface area contributed by atoms with Gasteiger partial charge in [0, 0.05) is 0 Å². The molecular weight excluding hydrogens is 264 g/mol. The molecule has 0 amide bonds. The zero-order chi connectivity index (χ0) is 11.8. The van der Waals surface area contributed by atoms with Gasteiger partial charge < -0.3 is 0 Å². The van der Waals surface area contributed by atoms with Crippen molar-refractivity contribution in [3.8, 4) is 0 Å². The van der Waals surface area contributed by atoms with Gasteiger partial charge in [0.25, 0.3) is 0 Å². The molecule has 0 rings (SSSR count). The quantitative estimate of drug-likeness (QED) is 0.514. The summed E-state index contributed by atoms with van der Waals surface area (Å²) in [4.78, 5) is 0. The van der Waals surface area contributed by atoms with Gasteiger partial charge in [-0.2, -0.15) is 0 Å². The van der Waals surface area contributed by atoms with Crippen LogP contribution in [0.3, 0.4) is 0 Å². The molecule has 0 unspecified atom stereocenters. The summed E-state index contributed by atoms with van der Waals surface area (Å²) in [5.74, 6) is 0. The van der Waals surface area contributed by atoms with Gasteiger partial charge in [0.1, 0.15) is 0 Å². The monoisotopic (exact) mass is 288 g/mol. The maximum absolute atomic E-state index is 2.39. The van der Waals surface area contributed by atoms with E-state index in [2.05, 4.69) is 62.6 Å². The summed E-state index contributed by atoms with van der Waals surface area (Å²) < 4.78 is 4.78. The van der Waals surface area contributed by atoms with Crippen molar-refractivity contribution < 1.29 is 18.6 Å². The van der Waals surface area contributed by atoms with Gasteiger partial charge in [-0.1, -0.05) is 0 Å². The normalized spacial score (nSPS) is 12.4. The molecule has 0 N–H and O–H groups in total. The Kier molecular flexibility index (Phi) is 7.69. The fourth-order valence-corrected chi connectivity index (χ4v) is 2.78. The summed E-state index contributed by atoms with van der Waals surface area (Å²) in [6.07, 6.45) is 4.49. The second kappa shape index (κ2) is 7.88. The van der Waals surface area contributed by atoms with E-state index in [9.17, 15) is 0 Å². The molecule has 0 heterocycles. The summed E-state index contributed by atoms with van der Waals surface area (Å²) in [5.41, 5.74) is 5.56. The van der Waals surface area contributed by atoms with Crippen LogP contribution < -0.4 is 0 Å². The van der Waals surface area contributed by atoms with Gasteiger partial charge in [0.05, 0.1) is 0 Å². The fourth-order valence-electron chi connectivity index (χ4n) is 1.23. The summed E-state index contributed by atoms with van der Waals surface area (Å²) in [5, 5.41) is 0. The van der Waals surface area contributed by atoms with E-state index >= 15 is 0 Å². The van der Waals surface area contributed by atoms with Crippen molar-refractivity contribution in [1.82, 2.24) is 0 Å². The van der Waals surface area contributed by atoms with Crippen LogP contribution in [-0.4, -0.2) is 0 Å². The Hall–Kier alpha value is -0.352. The first-order valence-electron chi connectivity index (χ1n) is 5.20. The molecule has 0 aliphatic carbocycles. The average molecular weight is 286 g/mol. The number of allylic oxidation sites excluding steroid dienone is 6. The molecular formula is C14H22Mo. The topological polar surface area (TPSA) is 0 Å². The van der Waals surface area contributed by atoms with Crippen molar-refractivity contribution in [2.75, 3.05) is 0 Å². The van der Waals surface area contributed by atoms with Crippen LogP contribution in [0.4, 0.5) is 0 Å². The summed E-state index contributed by atoms with van der Waals surface area (Å²) in [7, 11) is 0. The standard InChI is InChI=1S/2C7H11.Mo/c2*1-6(2)5-7(3)4;/h2*1,5H,2-4H3;. The fraction of sp³-hybridized carbons (Fsp3) is 0.429. The first-order valence-corrected chi connectivity index (χ1v) is 7.52. The van der Waals surface area contributed by atoms with E-state index in [4.69, 9.17) is 0 Å². The first kappa shape index (κ1) is 14.6. The summed E-state index contributed by atoms with van der Waals surface area (Å²) in [6.45, 7) is 12.9. The summed E-state index contributed by atoms with van der Waals surface area (Å²) >= 11 is -0.106. The van der Waals surface area contributed by atoms with Crippen molar-refractivity contribution in [3.63, 3.8) is 0 Å². The Morgan fingerprint density at radius 2 is 1.00 bits per heavy atom. The van der Waals surface area contributed by atoms with Crippen molar-refractivity contribution in [3.05, 3.63) is 43.4 Å². The summed E-state index contributed by atoms with van der Waals surface area (Å²) in [6, 6.07) is 0. The van der Waals surface area contributed by atoms with Crippen molar-refractivity contribution in [2.45, 2.75) is 41.5 Å². The Morgan fingerprint density at radius 3 is 1.27 bits per heavy atom. The molecule has 0 radical (unpaired) electrons. The Balaban J connectivity index is 4.29. The zero-order valence-electron chi connectivity index (χ0n) is 10.7. The van der Waals surface area contributed by atoms with Gasteiger partial charge in [-0.3, -0.25) is 0 Å². The molecule has 0 aromatic carbocycles. The number of rotatable bonds is 4. The van der Waals surface area contributed by atoms with Gasteiger partial charge >= 0.3 is 103 Å². The van der Waals surface area contributed by atoms with E-state index in [0.29, 0.717) is 0 Å². The van der Waals surface area contributed by atoms with Crippen LogP contribution in [0.25, 0.3) is 0 Å². The zero-order valence-corrected chi connectivity index (χ0v) is 12.7. The van der Waals surface area contributed by atoms with Crippen LogP contribution in [0.5, 0.6) is 0 Å². The second-order valence-corrected chi connectivity index (χ2v) is 6.13. The molecule has 0 nitrogen and oxygen atoms in total. The van der Waals surface area contributed by atoms with E-state index < -0.39 is 0 Å². The third-order valence-electron chi connectivity index (χ3n) is 1.54. The molecule has 0 saturated heterocycles. The third-order valence-corrected chi connectivity index (χ3v) is 4.04. The third kappa shape index (κ3) is 9.94. The van der Waals surface area contributed by atoms with Gasteiger partial charge in [0.15, 0.2) is 0 Å². The molecule has 0 saturated carbocycles. The van der Waals surface area contributed by atoms with Crippen LogP contribution in [0.15, 0.2) is 43.4 Å². The van der Waals surface area contributed by atoms with Gasteiger partial charge in [0.2, 0.25) is 0 Å². The van der Waals surface area contributed by atoms with Crippen LogP contribution in [-0.2, 0) is 18.6 Å². The van der Waals surface area contributed by atoms with E-state index in [0.717, 1.165) is 0 Å². The van der Waals surface area contributed by atoms with Gasteiger partial charge in [-0.15, -0.1) is 0 Å².